The number of hydrogen-bond acceptors (Lipinski definition) is 6. The van der Waals surface area contributed by atoms with E-state index in [1.807, 2.05) is 0 Å². The van der Waals surface area contributed by atoms with E-state index in [1.165, 1.54) is 12.8 Å². The second-order valence-corrected chi connectivity index (χ2v) is 8.90. The van der Waals surface area contributed by atoms with Crippen LogP contribution in [0.15, 0.2) is 18.2 Å². The highest BCUT2D eigenvalue weighted by molar-refractivity contribution is 7.47. The Labute approximate surface area is 175 Å². The minimum atomic E-state index is -3.83. The summed E-state index contributed by atoms with van der Waals surface area (Å²) in [6.45, 7) is 0. The summed E-state index contributed by atoms with van der Waals surface area (Å²) in [5.74, 6) is -3.04. The van der Waals surface area contributed by atoms with Gasteiger partial charge in [-0.05, 0) is 43.9 Å². The first-order valence-electron chi connectivity index (χ1n) is 10.2. The van der Waals surface area contributed by atoms with Crippen molar-refractivity contribution in [2.45, 2.75) is 76.4 Å². The fourth-order valence-corrected chi connectivity index (χ4v) is 4.81. The van der Waals surface area contributed by atoms with E-state index in [9.17, 15) is 19.0 Å². The molecule has 1 aromatic carbocycles. The normalized spacial score (nSPS) is 18.3. The van der Waals surface area contributed by atoms with Crippen molar-refractivity contribution in [3.8, 4) is 5.75 Å². The first kappa shape index (κ1) is 24.3. The summed E-state index contributed by atoms with van der Waals surface area (Å²) in [6.07, 6.45) is 10.2. The Hall–Kier alpha value is -1.93. The van der Waals surface area contributed by atoms with Gasteiger partial charge in [-0.1, -0.05) is 38.5 Å². The van der Waals surface area contributed by atoms with Crippen LogP contribution in [0.25, 0.3) is 0 Å². The zero-order chi connectivity index (χ0) is 22.1. The second-order valence-electron chi connectivity index (χ2n) is 7.54. The Balaban J connectivity index is 0.000000222. The summed E-state index contributed by atoms with van der Waals surface area (Å²) in [7, 11) is -3.83. The van der Waals surface area contributed by atoms with Crippen LogP contribution in [-0.4, -0.2) is 44.4 Å². The number of hydrogen-bond donors (Lipinski definition) is 4. The third kappa shape index (κ3) is 8.07. The van der Waals surface area contributed by atoms with Gasteiger partial charge in [0.25, 0.3) is 0 Å². The maximum atomic E-state index is 11.9. The highest BCUT2D eigenvalue weighted by atomic mass is 31.2. The molecule has 0 aromatic heterocycles. The topological polar surface area (TPSA) is 151 Å². The van der Waals surface area contributed by atoms with Crippen LogP contribution in [0.1, 0.15) is 84.9 Å². The van der Waals surface area contributed by atoms with E-state index in [0.29, 0.717) is 0 Å². The summed E-state index contributed by atoms with van der Waals surface area (Å²) in [5.41, 5.74) is -0.588. The molecule has 9 nitrogen and oxygen atoms in total. The van der Waals surface area contributed by atoms with Gasteiger partial charge in [0.2, 0.25) is 0 Å². The summed E-state index contributed by atoms with van der Waals surface area (Å²) in [4.78, 5) is 30.6. The third-order valence-electron chi connectivity index (χ3n) is 5.14. The minimum Gasteiger partial charge on any atom is -0.507 e. The maximum absolute atomic E-state index is 11.9. The summed E-state index contributed by atoms with van der Waals surface area (Å²) in [6, 6.07) is 3.07. The fraction of sp³-hybridized carbons (Fsp3) is 0.600. The number of rotatable bonds is 6. The molecule has 0 amide bonds. The number of carboxylic acids is 2. The highest BCUT2D eigenvalue weighted by Gasteiger charge is 2.31. The number of phenols is 1. The lowest BCUT2D eigenvalue weighted by Gasteiger charge is -2.27. The largest absolute Gasteiger partial charge is 0.507 e. The lowest BCUT2D eigenvalue weighted by molar-refractivity contribution is 0.0474. The van der Waals surface area contributed by atoms with Gasteiger partial charge >= 0.3 is 19.8 Å². The molecule has 0 saturated heterocycles. The number of aromatic hydroxyl groups is 1. The van der Waals surface area contributed by atoms with Gasteiger partial charge in [-0.15, -0.1) is 0 Å². The molecule has 10 heteroatoms. The van der Waals surface area contributed by atoms with E-state index >= 15 is 0 Å². The Kier molecular flexibility index (Phi) is 9.30. The van der Waals surface area contributed by atoms with Crippen LogP contribution in [0, 0.1) is 0 Å². The van der Waals surface area contributed by atoms with E-state index in [2.05, 4.69) is 0 Å². The van der Waals surface area contributed by atoms with Crippen LogP contribution in [0.5, 0.6) is 5.75 Å². The van der Waals surface area contributed by atoms with Crippen molar-refractivity contribution in [1.82, 2.24) is 0 Å². The predicted molar refractivity (Wildman–Crippen MR) is 108 cm³/mol. The molecule has 0 atom stereocenters. The van der Waals surface area contributed by atoms with Gasteiger partial charge in [-0.25, -0.2) is 14.2 Å². The maximum Gasteiger partial charge on any atom is 0.472 e. The molecular formula is C20H29O9P. The number of carboxylic acid groups (broad SMARTS) is 2. The zero-order valence-corrected chi connectivity index (χ0v) is 17.6. The molecular weight excluding hydrogens is 415 g/mol. The molecule has 30 heavy (non-hydrogen) atoms. The second kappa shape index (κ2) is 11.5. The van der Waals surface area contributed by atoms with E-state index in [-0.39, 0.29) is 17.8 Å². The van der Waals surface area contributed by atoms with Crippen molar-refractivity contribution in [2.75, 3.05) is 0 Å². The Morgan fingerprint density at radius 1 is 0.833 bits per heavy atom. The minimum absolute atomic E-state index is 0.0804. The SMILES string of the molecule is O=C(O)c1ccc(O)c(C(=O)O)c1.O=P(O)(OC1CCCCC1)OC1CCCCC1. The van der Waals surface area contributed by atoms with Crippen LogP contribution in [0.2, 0.25) is 0 Å². The first-order valence-corrected chi connectivity index (χ1v) is 11.7. The molecule has 3 rings (SSSR count). The van der Waals surface area contributed by atoms with E-state index in [0.717, 1.165) is 69.6 Å². The molecule has 0 unspecified atom stereocenters. The van der Waals surface area contributed by atoms with Crippen LogP contribution >= 0.6 is 7.82 Å². The van der Waals surface area contributed by atoms with Gasteiger partial charge in [0.15, 0.2) is 0 Å². The molecule has 0 radical (unpaired) electrons. The molecule has 2 saturated carbocycles. The smallest absolute Gasteiger partial charge is 0.472 e. The fourth-order valence-electron chi connectivity index (χ4n) is 3.58. The van der Waals surface area contributed by atoms with Crippen molar-refractivity contribution < 1.29 is 43.4 Å². The number of phosphoric acid groups is 1. The van der Waals surface area contributed by atoms with Gasteiger partial charge in [-0.2, -0.15) is 0 Å². The number of phosphoric ester groups is 1. The van der Waals surface area contributed by atoms with Crippen LogP contribution < -0.4 is 0 Å². The van der Waals surface area contributed by atoms with Gasteiger partial charge in [0, 0.05) is 0 Å². The van der Waals surface area contributed by atoms with Crippen LogP contribution in [-0.2, 0) is 13.6 Å². The lowest BCUT2D eigenvalue weighted by atomic mass is 9.98. The molecule has 0 bridgehead atoms. The molecule has 168 valence electrons. The standard InChI is InChI=1S/C12H23O4P.C8H6O5/c13-17(14,15-11-7-3-1-4-8-11)16-12-9-5-2-6-10-12;9-6-2-1-4(7(10)11)3-5(6)8(12)13/h11-12H,1-10H2,(H,13,14);1-3,9H,(H,10,11)(H,12,13). The van der Waals surface area contributed by atoms with E-state index in [1.54, 1.807) is 0 Å². The summed E-state index contributed by atoms with van der Waals surface area (Å²) >= 11 is 0. The zero-order valence-electron chi connectivity index (χ0n) is 16.7. The molecule has 0 spiro atoms. The van der Waals surface area contributed by atoms with Gasteiger partial charge < -0.3 is 20.2 Å². The molecule has 4 N–H and O–H groups in total. The van der Waals surface area contributed by atoms with Gasteiger partial charge in [0.05, 0.1) is 17.8 Å². The Morgan fingerprint density at radius 2 is 1.30 bits per heavy atom. The van der Waals surface area contributed by atoms with Crippen molar-refractivity contribution in [2.24, 2.45) is 0 Å². The van der Waals surface area contributed by atoms with Crippen molar-refractivity contribution in [1.29, 1.82) is 0 Å². The van der Waals surface area contributed by atoms with Crippen molar-refractivity contribution in [3.05, 3.63) is 29.3 Å². The molecule has 2 fully saturated rings. The van der Waals surface area contributed by atoms with Crippen LogP contribution in [0.4, 0.5) is 0 Å². The molecule has 0 heterocycles. The molecule has 1 aromatic rings. The Bertz CT molecular complexity index is 744. The van der Waals surface area contributed by atoms with Crippen molar-refractivity contribution in [3.63, 3.8) is 0 Å². The van der Waals surface area contributed by atoms with Crippen LogP contribution in [0.3, 0.4) is 0 Å². The number of carbonyl (C=O) groups is 2. The summed E-state index contributed by atoms with van der Waals surface area (Å²) < 4.78 is 22.4. The number of aromatic carboxylic acids is 2. The van der Waals surface area contributed by atoms with E-state index < -0.39 is 31.1 Å². The molecule has 2 aliphatic carbocycles. The van der Waals surface area contributed by atoms with Crippen molar-refractivity contribution >= 4 is 19.8 Å². The average molecular weight is 444 g/mol. The van der Waals surface area contributed by atoms with E-state index in [4.69, 9.17) is 24.4 Å². The third-order valence-corrected chi connectivity index (χ3v) is 6.27. The van der Waals surface area contributed by atoms with Gasteiger partial charge in [0.1, 0.15) is 11.3 Å². The molecule has 0 aliphatic heterocycles. The first-order chi connectivity index (χ1) is 14.2. The predicted octanol–water partition coefficient (Wildman–Crippen LogP) is 4.57. The average Bonchev–Trinajstić information content (AvgIpc) is 2.69. The summed E-state index contributed by atoms with van der Waals surface area (Å²) in [5, 5.41) is 26.0. The monoisotopic (exact) mass is 444 g/mol. The Morgan fingerprint density at radius 3 is 1.70 bits per heavy atom. The highest BCUT2D eigenvalue weighted by Crippen LogP contribution is 2.49. The lowest BCUT2D eigenvalue weighted by Crippen LogP contribution is -2.20. The quantitative estimate of drug-likeness (QED) is 0.462. The van der Waals surface area contributed by atoms with Gasteiger partial charge in [-0.3, -0.25) is 9.05 Å². The number of benzene rings is 1. The molecule has 2 aliphatic rings.